The van der Waals surface area contributed by atoms with Crippen LogP contribution >= 0.6 is 12.2 Å². The molecule has 2 aromatic rings. The fourth-order valence-electron chi connectivity index (χ4n) is 2.65. The highest BCUT2D eigenvalue weighted by molar-refractivity contribution is 7.71. The Balaban J connectivity index is 1.98. The van der Waals surface area contributed by atoms with Crippen molar-refractivity contribution in [2.75, 3.05) is 6.61 Å². The topological polar surface area (TPSA) is 59.0 Å². The first-order valence-corrected chi connectivity index (χ1v) is 7.23. The first kappa shape index (κ1) is 13.2. The molecule has 2 N–H and O–H groups in total. The first-order chi connectivity index (χ1) is 9.69. The van der Waals surface area contributed by atoms with Gasteiger partial charge in [-0.25, -0.2) is 0 Å². The number of fused-ring (bicyclic) bond motifs is 1. The highest BCUT2D eigenvalue weighted by Crippen LogP contribution is 2.25. The zero-order chi connectivity index (χ0) is 14.1. The molecular formula is C14H17N3O2S. The third-order valence-corrected chi connectivity index (χ3v) is 3.88. The number of amides is 1. The van der Waals surface area contributed by atoms with Gasteiger partial charge in [-0.1, -0.05) is 6.07 Å². The second-order valence-corrected chi connectivity index (χ2v) is 5.31. The van der Waals surface area contributed by atoms with E-state index in [0.29, 0.717) is 24.3 Å². The monoisotopic (exact) mass is 291 g/mol. The highest BCUT2D eigenvalue weighted by atomic mass is 32.1. The number of rotatable bonds is 4. The summed E-state index contributed by atoms with van der Waals surface area (Å²) >= 11 is 5.40. The summed E-state index contributed by atoms with van der Waals surface area (Å²) in [5.74, 6) is 0.932. The molecule has 1 unspecified atom stereocenters. The number of hydrogen-bond acceptors (Lipinski definition) is 3. The average Bonchev–Trinajstić information content (AvgIpc) is 2.97. The molecule has 1 saturated heterocycles. The third-order valence-electron chi connectivity index (χ3n) is 3.56. The normalized spacial score (nSPS) is 18.4. The molecule has 1 amide bonds. The minimum Gasteiger partial charge on any atom is -0.492 e. The molecule has 1 aromatic carbocycles. The van der Waals surface area contributed by atoms with Crippen LogP contribution in [0.3, 0.4) is 0 Å². The number of aromatic amines is 1. The number of ether oxygens (including phenoxy) is 1. The van der Waals surface area contributed by atoms with E-state index in [1.165, 1.54) is 0 Å². The molecular weight excluding hydrogens is 274 g/mol. The Bertz CT molecular complexity index is 704. The second-order valence-electron chi connectivity index (χ2n) is 4.93. The number of H-pyrrole nitrogens is 1. The van der Waals surface area contributed by atoms with Crippen LogP contribution in [0, 0.1) is 4.77 Å². The smallest absolute Gasteiger partial charge is 0.220 e. The van der Waals surface area contributed by atoms with Crippen molar-refractivity contribution in [3.63, 3.8) is 0 Å². The predicted molar refractivity (Wildman–Crippen MR) is 79.5 cm³/mol. The lowest BCUT2D eigenvalue weighted by Crippen LogP contribution is -2.29. The molecule has 106 valence electrons. The van der Waals surface area contributed by atoms with Gasteiger partial charge in [0.05, 0.1) is 12.1 Å². The van der Waals surface area contributed by atoms with Crippen molar-refractivity contribution in [3.8, 4) is 5.75 Å². The van der Waals surface area contributed by atoms with Gasteiger partial charge in [0.15, 0.2) is 4.77 Å². The van der Waals surface area contributed by atoms with E-state index < -0.39 is 0 Å². The summed E-state index contributed by atoms with van der Waals surface area (Å²) in [6.07, 6.45) is 1.46. The maximum atomic E-state index is 11.3. The molecule has 0 saturated carbocycles. The summed E-state index contributed by atoms with van der Waals surface area (Å²) < 4.78 is 8.31. The molecule has 0 spiro atoms. The summed E-state index contributed by atoms with van der Waals surface area (Å²) in [7, 11) is 0. The van der Waals surface area contributed by atoms with Crippen molar-refractivity contribution in [3.05, 3.63) is 23.0 Å². The van der Waals surface area contributed by atoms with Crippen LogP contribution in [-0.4, -0.2) is 28.1 Å². The Morgan fingerprint density at radius 2 is 2.35 bits per heavy atom. The second kappa shape index (κ2) is 5.28. The number of para-hydroxylation sites is 1. The van der Waals surface area contributed by atoms with Crippen molar-refractivity contribution in [1.29, 1.82) is 0 Å². The van der Waals surface area contributed by atoms with E-state index in [1.807, 2.05) is 29.7 Å². The molecule has 3 rings (SSSR count). The molecule has 0 radical (unpaired) electrons. The number of hydrogen-bond donors (Lipinski definition) is 2. The fourth-order valence-corrected chi connectivity index (χ4v) is 2.92. The van der Waals surface area contributed by atoms with Crippen LogP contribution in [0.4, 0.5) is 0 Å². The van der Waals surface area contributed by atoms with E-state index in [2.05, 4.69) is 10.3 Å². The lowest BCUT2D eigenvalue weighted by molar-refractivity contribution is -0.119. The molecule has 1 aromatic heterocycles. The Hall–Kier alpha value is -1.82. The van der Waals surface area contributed by atoms with Crippen molar-refractivity contribution in [2.24, 2.45) is 0 Å². The van der Waals surface area contributed by atoms with Crippen LogP contribution in [0.25, 0.3) is 11.0 Å². The third kappa shape index (κ3) is 2.31. The number of carbonyl (C=O) groups is 1. The van der Waals surface area contributed by atoms with Crippen LogP contribution in [-0.2, 0) is 11.3 Å². The van der Waals surface area contributed by atoms with E-state index >= 15 is 0 Å². The SMILES string of the molecule is CCOc1cccc2c1[nH]c(=S)n2CC1CCC(=O)N1. The van der Waals surface area contributed by atoms with E-state index in [0.717, 1.165) is 23.2 Å². The molecule has 0 aliphatic carbocycles. The van der Waals surface area contributed by atoms with Gasteiger partial charge < -0.3 is 19.6 Å². The summed E-state index contributed by atoms with van der Waals surface area (Å²) in [5.41, 5.74) is 1.94. The number of carbonyl (C=O) groups excluding carboxylic acids is 1. The van der Waals surface area contributed by atoms with Crippen molar-refractivity contribution < 1.29 is 9.53 Å². The number of nitrogens with one attached hydrogen (secondary N) is 2. The van der Waals surface area contributed by atoms with E-state index in [9.17, 15) is 4.79 Å². The zero-order valence-corrected chi connectivity index (χ0v) is 12.1. The van der Waals surface area contributed by atoms with Gasteiger partial charge in [-0.3, -0.25) is 4.79 Å². The van der Waals surface area contributed by atoms with Gasteiger partial charge >= 0.3 is 0 Å². The number of benzene rings is 1. The number of aromatic nitrogens is 2. The van der Waals surface area contributed by atoms with Gasteiger partial charge in [0.2, 0.25) is 5.91 Å². The molecule has 2 heterocycles. The highest BCUT2D eigenvalue weighted by Gasteiger charge is 2.22. The molecule has 0 bridgehead atoms. The summed E-state index contributed by atoms with van der Waals surface area (Å²) in [4.78, 5) is 14.5. The minimum absolute atomic E-state index is 0.122. The van der Waals surface area contributed by atoms with Crippen LogP contribution in [0.1, 0.15) is 19.8 Å². The van der Waals surface area contributed by atoms with Crippen LogP contribution in [0.15, 0.2) is 18.2 Å². The van der Waals surface area contributed by atoms with Gasteiger partial charge in [-0.05, 0) is 37.7 Å². The van der Waals surface area contributed by atoms with Gasteiger partial charge in [0, 0.05) is 19.0 Å². The Morgan fingerprint density at radius 1 is 1.50 bits per heavy atom. The minimum atomic E-state index is 0.122. The lowest BCUT2D eigenvalue weighted by Gasteiger charge is -2.12. The molecule has 1 aliphatic heterocycles. The van der Waals surface area contributed by atoms with Crippen molar-refractivity contribution in [2.45, 2.75) is 32.4 Å². The maximum absolute atomic E-state index is 11.3. The van der Waals surface area contributed by atoms with Crippen molar-refractivity contribution in [1.82, 2.24) is 14.9 Å². The molecule has 6 heteroatoms. The number of nitrogens with zero attached hydrogens (tertiary/aromatic N) is 1. The summed E-state index contributed by atoms with van der Waals surface area (Å²) in [6.45, 7) is 3.27. The Labute approximate surface area is 121 Å². The van der Waals surface area contributed by atoms with Crippen LogP contribution in [0.2, 0.25) is 0 Å². The number of imidazole rings is 1. The largest absolute Gasteiger partial charge is 0.492 e. The van der Waals surface area contributed by atoms with E-state index in [4.69, 9.17) is 17.0 Å². The standard InChI is InChI=1S/C14H17N3O2S/c1-2-19-11-5-3-4-10-13(11)16-14(20)17(10)8-9-6-7-12(18)15-9/h3-5,9H,2,6-8H2,1H3,(H,15,18)(H,16,20). The van der Waals surface area contributed by atoms with Crippen molar-refractivity contribution >= 4 is 29.2 Å². The first-order valence-electron chi connectivity index (χ1n) is 6.82. The van der Waals surface area contributed by atoms with Gasteiger partial charge in [-0.2, -0.15) is 0 Å². The zero-order valence-electron chi connectivity index (χ0n) is 11.3. The molecule has 5 nitrogen and oxygen atoms in total. The van der Waals surface area contributed by atoms with E-state index in [1.54, 1.807) is 0 Å². The molecule has 20 heavy (non-hydrogen) atoms. The summed E-state index contributed by atoms with van der Waals surface area (Å²) in [5, 5.41) is 2.97. The van der Waals surface area contributed by atoms with Crippen LogP contribution < -0.4 is 10.1 Å². The fraction of sp³-hybridized carbons (Fsp3) is 0.429. The predicted octanol–water partition coefficient (Wildman–Crippen LogP) is 2.38. The lowest BCUT2D eigenvalue weighted by atomic mass is 10.2. The van der Waals surface area contributed by atoms with E-state index in [-0.39, 0.29) is 11.9 Å². The van der Waals surface area contributed by atoms with Gasteiger partial charge in [-0.15, -0.1) is 0 Å². The average molecular weight is 291 g/mol. The quantitative estimate of drug-likeness (QED) is 0.850. The molecule has 1 fully saturated rings. The van der Waals surface area contributed by atoms with Gasteiger partial charge in [0.1, 0.15) is 11.3 Å². The summed E-state index contributed by atoms with van der Waals surface area (Å²) in [6, 6.07) is 6.06. The molecule has 1 aliphatic rings. The Morgan fingerprint density at radius 3 is 3.05 bits per heavy atom. The van der Waals surface area contributed by atoms with Gasteiger partial charge in [0.25, 0.3) is 0 Å². The maximum Gasteiger partial charge on any atom is 0.220 e. The van der Waals surface area contributed by atoms with Crippen LogP contribution in [0.5, 0.6) is 5.75 Å². The Kier molecular flexibility index (Phi) is 3.48. The molecule has 1 atom stereocenters.